The van der Waals surface area contributed by atoms with Crippen molar-refractivity contribution in [2.45, 2.75) is 45.9 Å². The van der Waals surface area contributed by atoms with Gasteiger partial charge in [-0.3, -0.25) is 0 Å². The standard InChI is InChI=1S/C27H34N2O2/c1-2-29-26(31-21-23-12-6-3-7-13-23)20-25(27(29)24-14-8-4-9-15-24)22-30-19-18-28-16-10-5-11-17-28/h3-4,6-9,12-15,20H,2,5,10-11,16-19,21-22H2,1H3. The Bertz CT molecular complexity index is 915. The molecule has 164 valence electrons. The molecule has 1 fully saturated rings. The molecule has 0 N–H and O–H groups in total. The van der Waals surface area contributed by atoms with Crippen LogP contribution in [0, 0.1) is 0 Å². The third kappa shape index (κ3) is 5.78. The summed E-state index contributed by atoms with van der Waals surface area (Å²) in [5.74, 6) is 0.903. The fraction of sp³-hybridized carbons (Fsp3) is 0.407. The van der Waals surface area contributed by atoms with Crippen LogP contribution in [0.2, 0.25) is 0 Å². The second-order valence-corrected chi connectivity index (χ2v) is 8.20. The Labute approximate surface area is 186 Å². The molecular weight excluding hydrogens is 384 g/mol. The highest BCUT2D eigenvalue weighted by Gasteiger charge is 2.17. The van der Waals surface area contributed by atoms with Crippen molar-refractivity contribution in [3.8, 4) is 17.1 Å². The van der Waals surface area contributed by atoms with Crippen LogP contribution in [0.4, 0.5) is 0 Å². The molecule has 1 aliphatic rings. The van der Waals surface area contributed by atoms with Crippen LogP contribution in [0.5, 0.6) is 5.88 Å². The lowest BCUT2D eigenvalue weighted by Gasteiger charge is -2.26. The van der Waals surface area contributed by atoms with Crippen molar-refractivity contribution in [3.63, 3.8) is 0 Å². The molecule has 1 aliphatic heterocycles. The molecule has 4 heteroatoms. The van der Waals surface area contributed by atoms with Gasteiger partial charge in [-0.1, -0.05) is 67.1 Å². The van der Waals surface area contributed by atoms with E-state index in [9.17, 15) is 0 Å². The molecule has 31 heavy (non-hydrogen) atoms. The van der Waals surface area contributed by atoms with Gasteiger partial charge in [-0.05, 0) is 44.0 Å². The van der Waals surface area contributed by atoms with E-state index in [1.165, 1.54) is 54.7 Å². The maximum absolute atomic E-state index is 6.26. The zero-order valence-corrected chi connectivity index (χ0v) is 18.6. The quantitative estimate of drug-likeness (QED) is 0.392. The summed E-state index contributed by atoms with van der Waals surface area (Å²) in [5, 5.41) is 0. The summed E-state index contributed by atoms with van der Waals surface area (Å²) in [5.41, 5.74) is 4.76. The van der Waals surface area contributed by atoms with Gasteiger partial charge in [-0.2, -0.15) is 0 Å². The molecule has 3 aromatic rings. The summed E-state index contributed by atoms with van der Waals surface area (Å²) >= 11 is 0. The lowest BCUT2D eigenvalue weighted by molar-refractivity contribution is 0.0865. The first-order valence-corrected chi connectivity index (χ1v) is 11.6. The first-order valence-electron chi connectivity index (χ1n) is 11.6. The highest BCUT2D eigenvalue weighted by molar-refractivity contribution is 5.66. The Morgan fingerprint density at radius 2 is 1.55 bits per heavy atom. The SMILES string of the molecule is CCn1c(OCc2ccccc2)cc(COCCN2CCCCC2)c1-c1ccccc1. The molecule has 0 radical (unpaired) electrons. The molecule has 4 rings (SSSR count). The summed E-state index contributed by atoms with van der Waals surface area (Å²) in [4.78, 5) is 2.52. The summed E-state index contributed by atoms with van der Waals surface area (Å²) in [6, 6.07) is 23.1. The van der Waals surface area contributed by atoms with Crippen LogP contribution >= 0.6 is 0 Å². The van der Waals surface area contributed by atoms with E-state index in [0.29, 0.717) is 13.2 Å². The van der Waals surface area contributed by atoms with E-state index in [1.807, 2.05) is 6.07 Å². The van der Waals surface area contributed by atoms with Gasteiger partial charge >= 0.3 is 0 Å². The van der Waals surface area contributed by atoms with Crippen LogP contribution in [0.3, 0.4) is 0 Å². The minimum Gasteiger partial charge on any atom is -0.474 e. The van der Waals surface area contributed by atoms with Crippen LogP contribution < -0.4 is 4.74 Å². The molecule has 4 nitrogen and oxygen atoms in total. The largest absolute Gasteiger partial charge is 0.474 e. The minimum absolute atomic E-state index is 0.564. The van der Waals surface area contributed by atoms with Crippen LogP contribution in [0.15, 0.2) is 66.7 Å². The molecule has 0 amide bonds. The van der Waals surface area contributed by atoms with Crippen LogP contribution in [0.1, 0.15) is 37.3 Å². The molecule has 1 saturated heterocycles. The molecule has 0 saturated carbocycles. The first-order chi connectivity index (χ1) is 15.3. The summed E-state index contributed by atoms with van der Waals surface area (Å²) in [6.45, 7) is 8.40. The maximum atomic E-state index is 6.26. The van der Waals surface area contributed by atoms with E-state index in [1.54, 1.807) is 0 Å². The summed E-state index contributed by atoms with van der Waals surface area (Å²) in [6.07, 6.45) is 4.01. The van der Waals surface area contributed by atoms with E-state index in [0.717, 1.165) is 25.6 Å². The van der Waals surface area contributed by atoms with E-state index in [4.69, 9.17) is 9.47 Å². The fourth-order valence-corrected chi connectivity index (χ4v) is 4.35. The van der Waals surface area contributed by atoms with Gasteiger partial charge in [-0.15, -0.1) is 0 Å². The third-order valence-electron chi connectivity index (χ3n) is 5.99. The molecule has 0 spiro atoms. The number of ether oxygens (including phenoxy) is 2. The monoisotopic (exact) mass is 418 g/mol. The third-order valence-corrected chi connectivity index (χ3v) is 5.99. The predicted molar refractivity (Wildman–Crippen MR) is 126 cm³/mol. The first kappa shape index (κ1) is 21.7. The van der Waals surface area contributed by atoms with Gasteiger partial charge in [0, 0.05) is 24.7 Å². The van der Waals surface area contributed by atoms with Crippen molar-refractivity contribution >= 4 is 0 Å². The second kappa shape index (κ2) is 11.2. The van der Waals surface area contributed by atoms with E-state index < -0.39 is 0 Å². The number of hydrogen-bond donors (Lipinski definition) is 0. The van der Waals surface area contributed by atoms with Gasteiger partial charge in [0.15, 0.2) is 5.88 Å². The number of likely N-dealkylation sites (tertiary alicyclic amines) is 1. The van der Waals surface area contributed by atoms with Crippen molar-refractivity contribution in [2.24, 2.45) is 0 Å². The van der Waals surface area contributed by atoms with Crippen LogP contribution in [0.25, 0.3) is 11.3 Å². The Morgan fingerprint density at radius 3 is 2.26 bits per heavy atom. The van der Waals surface area contributed by atoms with Gasteiger partial charge in [-0.25, -0.2) is 0 Å². The summed E-state index contributed by atoms with van der Waals surface area (Å²) < 4.78 is 14.7. The Balaban J connectivity index is 1.48. The Morgan fingerprint density at radius 1 is 0.839 bits per heavy atom. The molecular formula is C27H34N2O2. The minimum atomic E-state index is 0.564. The maximum Gasteiger partial charge on any atom is 0.194 e. The van der Waals surface area contributed by atoms with Crippen LogP contribution in [-0.4, -0.2) is 35.7 Å². The average molecular weight is 419 g/mol. The number of rotatable bonds is 10. The number of nitrogens with zero attached hydrogens (tertiary/aromatic N) is 2. The van der Waals surface area contributed by atoms with Gasteiger partial charge in [0.25, 0.3) is 0 Å². The van der Waals surface area contributed by atoms with E-state index in [-0.39, 0.29) is 0 Å². The van der Waals surface area contributed by atoms with E-state index >= 15 is 0 Å². The van der Waals surface area contributed by atoms with Crippen molar-refractivity contribution in [1.29, 1.82) is 0 Å². The average Bonchev–Trinajstić information content (AvgIpc) is 3.20. The van der Waals surface area contributed by atoms with E-state index in [2.05, 4.69) is 77.1 Å². The predicted octanol–water partition coefficient (Wildman–Crippen LogP) is 5.76. The molecule has 1 aromatic heterocycles. The summed E-state index contributed by atoms with van der Waals surface area (Å²) in [7, 11) is 0. The van der Waals surface area contributed by atoms with Gasteiger partial charge in [0.05, 0.1) is 18.9 Å². The highest BCUT2D eigenvalue weighted by Crippen LogP contribution is 2.32. The smallest absolute Gasteiger partial charge is 0.194 e. The normalized spacial score (nSPS) is 14.6. The molecule has 0 bridgehead atoms. The topological polar surface area (TPSA) is 26.6 Å². The van der Waals surface area contributed by atoms with Crippen molar-refractivity contribution in [3.05, 3.63) is 77.9 Å². The lowest BCUT2D eigenvalue weighted by atomic mass is 10.1. The zero-order chi connectivity index (χ0) is 21.3. The molecule has 0 aliphatic carbocycles. The zero-order valence-electron chi connectivity index (χ0n) is 18.6. The molecule has 0 atom stereocenters. The lowest BCUT2D eigenvalue weighted by Crippen LogP contribution is -2.32. The highest BCUT2D eigenvalue weighted by atomic mass is 16.5. The van der Waals surface area contributed by atoms with Gasteiger partial charge in [0.1, 0.15) is 6.61 Å². The second-order valence-electron chi connectivity index (χ2n) is 8.20. The Kier molecular flexibility index (Phi) is 7.81. The number of hydrogen-bond acceptors (Lipinski definition) is 3. The number of benzene rings is 2. The molecule has 2 aromatic carbocycles. The fourth-order valence-electron chi connectivity index (χ4n) is 4.35. The van der Waals surface area contributed by atoms with Gasteiger partial charge < -0.3 is 18.9 Å². The Hall–Kier alpha value is -2.56. The van der Waals surface area contributed by atoms with Crippen molar-refractivity contribution in [2.75, 3.05) is 26.2 Å². The van der Waals surface area contributed by atoms with Crippen LogP contribution in [-0.2, 0) is 24.5 Å². The number of piperidine rings is 1. The molecule has 0 unspecified atom stereocenters. The number of aromatic nitrogens is 1. The molecule has 2 heterocycles. The van der Waals surface area contributed by atoms with Crippen molar-refractivity contribution < 1.29 is 9.47 Å². The van der Waals surface area contributed by atoms with Gasteiger partial charge in [0.2, 0.25) is 0 Å². The van der Waals surface area contributed by atoms with Crippen molar-refractivity contribution in [1.82, 2.24) is 9.47 Å².